The zero-order valence-electron chi connectivity index (χ0n) is 8.18. The number of hydrogen-bond acceptors (Lipinski definition) is 2. The van der Waals surface area contributed by atoms with Crippen LogP contribution in [-0.2, 0) is 0 Å². The van der Waals surface area contributed by atoms with Crippen molar-refractivity contribution in [2.75, 3.05) is 0 Å². The summed E-state index contributed by atoms with van der Waals surface area (Å²) < 4.78 is 0. The number of hydrogen-bond donors (Lipinski definition) is 2. The second-order valence-electron chi connectivity index (χ2n) is 4.58. The minimum Gasteiger partial charge on any atom is -0.393 e. The van der Waals surface area contributed by atoms with Gasteiger partial charge in [-0.25, -0.2) is 0 Å². The molecule has 0 aromatic rings. The molecule has 0 saturated carbocycles. The third-order valence-corrected chi connectivity index (χ3v) is 2.31. The molecule has 0 spiro atoms. The van der Waals surface area contributed by atoms with Crippen LogP contribution < -0.4 is 0 Å². The van der Waals surface area contributed by atoms with Gasteiger partial charge in [-0.3, -0.25) is 0 Å². The summed E-state index contributed by atoms with van der Waals surface area (Å²) >= 11 is 0. The molecule has 0 saturated heterocycles. The van der Waals surface area contributed by atoms with Crippen LogP contribution >= 0.6 is 0 Å². The molecule has 0 heterocycles. The summed E-state index contributed by atoms with van der Waals surface area (Å²) in [6.07, 6.45) is -0.0134. The van der Waals surface area contributed by atoms with Gasteiger partial charge in [0.25, 0.3) is 0 Å². The minimum absolute atomic E-state index is 0.177. The van der Waals surface area contributed by atoms with Crippen molar-refractivity contribution in [3.8, 4) is 0 Å². The predicted octanol–water partition coefficient (Wildman–Crippen LogP) is 1.55. The second-order valence-corrected chi connectivity index (χ2v) is 4.58. The van der Waals surface area contributed by atoms with E-state index in [1.165, 1.54) is 0 Å². The Morgan fingerprint density at radius 1 is 1.18 bits per heavy atom. The lowest BCUT2D eigenvalue weighted by molar-refractivity contribution is -0.0712. The second kappa shape index (κ2) is 3.11. The first-order valence-corrected chi connectivity index (χ1v) is 4.07. The van der Waals surface area contributed by atoms with Gasteiger partial charge < -0.3 is 10.2 Å². The Bertz CT molecular complexity index is 120. The monoisotopic (exact) mass is 160 g/mol. The fraction of sp³-hybridized carbons (Fsp3) is 1.00. The van der Waals surface area contributed by atoms with Crippen LogP contribution in [0.2, 0.25) is 0 Å². The fourth-order valence-electron chi connectivity index (χ4n) is 0.881. The van der Waals surface area contributed by atoms with E-state index in [0.29, 0.717) is 6.42 Å². The van der Waals surface area contributed by atoms with Crippen molar-refractivity contribution in [2.45, 2.75) is 52.7 Å². The third-order valence-electron chi connectivity index (χ3n) is 2.31. The van der Waals surface area contributed by atoms with Crippen molar-refractivity contribution in [2.24, 2.45) is 5.41 Å². The van der Waals surface area contributed by atoms with E-state index < -0.39 is 11.7 Å². The van der Waals surface area contributed by atoms with Crippen molar-refractivity contribution in [1.29, 1.82) is 0 Å². The molecule has 2 heteroatoms. The van der Waals surface area contributed by atoms with Gasteiger partial charge in [0.1, 0.15) is 0 Å². The van der Waals surface area contributed by atoms with E-state index in [4.69, 9.17) is 5.11 Å². The number of aliphatic hydroxyl groups is 2. The lowest BCUT2D eigenvalue weighted by Gasteiger charge is -2.38. The van der Waals surface area contributed by atoms with Crippen LogP contribution in [0.5, 0.6) is 0 Å². The molecule has 0 fully saturated rings. The van der Waals surface area contributed by atoms with Crippen LogP contribution in [0.3, 0.4) is 0 Å². The first kappa shape index (κ1) is 10.9. The normalized spacial score (nSPS) is 21.0. The average Bonchev–Trinajstić information content (AvgIpc) is 1.56. The van der Waals surface area contributed by atoms with Crippen molar-refractivity contribution >= 4 is 0 Å². The van der Waals surface area contributed by atoms with Gasteiger partial charge >= 0.3 is 0 Å². The van der Waals surface area contributed by atoms with Crippen LogP contribution in [0.15, 0.2) is 0 Å². The Morgan fingerprint density at radius 3 is 1.64 bits per heavy atom. The van der Waals surface area contributed by atoms with Crippen LogP contribution in [0.1, 0.15) is 41.0 Å². The maximum atomic E-state index is 9.86. The molecular weight excluding hydrogens is 140 g/mol. The summed E-state index contributed by atoms with van der Waals surface area (Å²) in [4.78, 5) is 0. The van der Waals surface area contributed by atoms with Crippen molar-refractivity contribution in [3.05, 3.63) is 0 Å². The van der Waals surface area contributed by atoms with E-state index in [2.05, 4.69) is 0 Å². The van der Waals surface area contributed by atoms with E-state index >= 15 is 0 Å². The van der Waals surface area contributed by atoms with Gasteiger partial charge in [0.2, 0.25) is 0 Å². The van der Waals surface area contributed by atoms with E-state index in [1.807, 2.05) is 20.8 Å². The van der Waals surface area contributed by atoms with E-state index in [-0.39, 0.29) is 5.41 Å². The summed E-state index contributed by atoms with van der Waals surface area (Å²) in [7, 11) is 0. The lowest BCUT2D eigenvalue weighted by Crippen LogP contribution is -2.42. The molecular formula is C9H20O2. The Kier molecular flexibility index (Phi) is 3.09. The van der Waals surface area contributed by atoms with Crippen molar-refractivity contribution < 1.29 is 10.2 Å². The van der Waals surface area contributed by atoms with E-state index in [0.717, 1.165) is 0 Å². The Balaban J connectivity index is 4.22. The number of aliphatic hydroxyl groups excluding tert-OH is 1. The summed E-state index contributed by atoms with van der Waals surface area (Å²) in [6.45, 7) is 9.36. The molecule has 0 aliphatic carbocycles. The van der Waals surface area contributed by atoms with Gasteiger partial charge in [-0.1, -0.05) is 20.8 Å². The standard InChI is InChI=1S/C9H20O2/c1-7(10)6-9(5,11)8(2,3)4/h7,10-11H,6H2,1-5H3. The highest BCUT2D eigenvalue weighted by Crippen LogP contribution is 2.33. The average molecular weight is 160 g/mol. The molecule has 0 aromatic heterocycles. The molecule has 2 unspecified atom stereocenters. The highest BCUT2D eigenvalue weighted by Gasteiger charge is 2.35. The van der Waals surface area contributed by atoms with E-state index in [1.54, 1.807) is 13.8 Å². The predicted molar refractivity (Wildman–Crippen MR) is 46.4 cm³/mol. The van der Waals surface area contributed by atoms with Crippen molar-refractivity contribution in [1.82, 2.24) is 0 Å². The topological polar surface area (TPSA) is 40.5 Å². The molecule has 0 aliphatic rings. The number of rotatable bonds is 2. The molecule has 0 radical (unpaired) electrons. The van der Waals surface area contributed by atoms with Crippen LogP contribution in [0, 0.1) is 5.41 Å². The van der Waals surface area contributed by atoms with Gasteiger partial charge in [0.05, 0.1) is 11.7 Å². The maximum absolute atomic E-state index is 9.86. The molecule has 0 bridgehead atoms. The first-order valence-electron chi connectivity index (χ1n) is 4.07. The largest absolute Gasteiger partial charge is 0.393 e. The van der Waals surface area contributed by atoms with Gasteiger partial charge in [-0.15, -0.1) is 0 Å². The summed E-state index contributed by atoms with van der Waals surface area (Å²) in [5.74, 6) is 0. The SMILES string of the molecule is CC(O)CC(C)(O)C(C)(C)C. The maximum Gasteiger partial charge on any atom is 0.0692 e. The molecule has 11 heavy (non-hydrogen) atoms. The van der Waals surface area contributed by atoms with Gasteiger partial charge in [0.15, 0.2) is 0 Å². The van der Waals surface area contributed by atoms with Crippen LogP contribution in [0.4, 0.5) is 0 Å². The zero-order valence-corrected chi connectivity index (χ0v) is 8.18. The fourth-order valence-corrected chi connectivity index (χ4v) is 0.881. The molecule has 0 aliphatic heterocycles. The summed E-state index contributed by atoms with van der Waals surface area (Å²) in [5.41, 5.74) is -0.967. The van der Waals surface area contributed by atoms with E-state index in [9.17, 15) is 5.11 Å². The molecule has 68 valence electrons. The minimum atomic E-state index is -0.791. The smallest absolute Gasteiger partial charge is 0.0692 e. The summed E-state index contributed by atoms with van der Waals surface area (Å²) in [5, 5.41) is 19.0. The molecule has 0 amide bonds. The van der Waals surface area contributed by atoms with Gasteiger partial charge in [0, 0.05) is 6.42 Å². The molecule has 2 atom stereocenters. The molecule has 2 nitrogen and oxygen atoms in total. The highest BCUT2D eigenvalue weighted by molar-refractivity contribution is 4.87. The molecule has 2 N–H and O–H groups in total. The Morgan fingerprint density at radius 2 is 1.55 bits per heavy atom. The summed E-state index contributed by atoms with van der Waals surface area (Å²) in [6, 6.07) is 0. The van der Waals surface area contributed by atoms with Crippen LogP contribution in [-0.4, -0.2) is 21.9 Å². The zero-order chi connectivity index (χ0) is 9.28. The van der Waals surface area contributed by atoms with Gasteiger partial charge in [-0.05, 0) is 19.3 Å². The Labute approximate surface area is 69.2 Å². The molecule has 0 aromatic carbocycles. The van der Waals surface area contributed by atoms with Gasteiger partial charge in [-0.2, -0.15) is 0 Å². The van der Waals surface area contributed by atoms with Crippen molar-refractivity contribution in [3.63, 3.8) is 0 Å². The molecule has 0 rings (SSSR count). The Hall–Kier alpha value is -0.0800. The quantitative estimate of drug-likeness (QED) is 0.643. The van der Waals surface area contributed by atoms with Crippen LogP contribution in [0.25, 0.3) is 0 Å². The third kappa shape index (κ3) is 3.21. The lowest BCUT2D eigenvalue weighted by atomic mass is 9.75. The first-order chi connectivity index (χ1) is 4.67. The highest BCUT2D eigenvalue weighted by atomic mass is 16.3.